The predicted octanol–water partition coefficient (Wildman–Crippen LogP) is 3.76. The molecule has 0 spiro atoms. The summed E-state index contributed by atoms with van der Waals surface area (Å²) in [5, 5.41) is 0. The number of hydrogen-bond donors (Lipinski definition) is 0. The minimum Gasteiger partial charge on any atom is -0.698 e. The number of fused-ring (bicyclic) bond motifs is 2. The van der Waals surface area contributed by atoms with Crippen LogP contribution in [0.3, 0.4) is 0 Å². The van der Waals surface area contributed by atoms with Gasteiger partial charge in [0.2, 0.25) is 0 Å². The van der Waals surface area contributed by atoms with Crippen molar-refractivity contribution in [3.63, 3.8) is 0 Å². The molecule has 0 aliphatic heterocycles. The molecule has 1 aliphatic carbocycles. The fourth-order valence-corrected chi connectivity index (χ4v) is 2.64. The molecule has 20 heavy (non-hydrogen) atoms. The van der Waals surface area contributed by atoms with Gasteiger partial charge in [-0.3, -0.25) is 9.59 Å². The number of carbonyl (C=O) groups is 2. The van der Waals surface area contributed by atoms with Crippen molar-refractivity contribution in [2.24, 2.45) is 0 Å². The third kappa shape index (κ3) is 1.97. The van der Waals surface area contributed by atoms with Gasteiger partial charge < -0.3 is 5.73 Å². The van der Waals surface area contributed by atoms with Gasteiger partial charge >= 0.3 is 0 Å². The first-order valence-electron chi connectivity index (χ1n) is 6.06. The monoisotopic (exact) mass is 339 g/mol. The van der Waals surface area contributed by atoms with Crippen LogP contribution in [0.4, 0.5) is 5.69 Å². The summed E-state index contributed by atoms with van der Waals surface area (Å²) in [5.74, 6) is -0.365. The number of aryl methyl sites for hydroxylation is 2. The van der Waals surface area contributed by atoms with Gasteiger partial charge in [0.15, 0.2) is 11.6 Å². The smallest absolute Gasteiger partial charge is 0.194 e. The van der Waals surface area contributed by atoms with Crippen molar-refractivity contribution in [1.82, 2.24) is 0 Å². The van der Waals surface area contributed by atoms with Gasteiger partial charge in [0.1, 0.15) is 0 Å². The van der Waals surface area contributed by atoms with Crippen LogP contribution in [-0.2, 0) is 32.7 Å². The molecule has 97 valence electrons. The molecule has 1 radical (unpaired) electrons. The summed E-state index contributed by atoms with van der Waals surface area (Å²) >= 11 is 0. The summed E-state index contributed by atoms with van der Waals surface area (Å²) in [6, 6.07) is 8.51. The number of carbonyl (C=O) groups excluding carboxylic acids is 2. The topological polar surface area (TPSA) is 57.9 Å². The molecule has 0 fully saturated rings. The number of rotatable bonds is 0. The quantitative estimate of drug-likeness (QED) is 0.626. The molecule has 3 rings (SSSR count). The van der Waals surface area contributed by atoms with E-state index in [2.05, 4.69) is 0 Å². The summed E-state index contributed by atoms with van der Waals surface area (Å²) in [5.41, 5.74) is 11.1. The molecule has 0 aromatic heterocycles. The van der Waals surface area contributed by atoms with Crippen molar-refractivity contribution in [1.29, 1.82) is 0 Å². The van der Waals surface area contributed by atoms with Gasteiger partial charge in [0, 0.05) is 55.0 Å². The normalized spacial score (nSPS) is 12.5. The maximum absolute atomic E-state index is 12.6. The first-order chi connectivity index (χ1) is 9.02. The molecular formula is C16H12NO2Y-. The molecule has 2 aromatic carbocycles. The van der Waals surface area contributed by atoms with Crippen LogP contribution >= 0.6 is 0 Å². The Balaban J connectivity index is 0.00000147. The maximum atomic E-state index is 12.6. The maximum Gasteiger partial charge on any atom is 0.194 e. The second-order valence-electron chi connectivity index (χ2n) is 4.84. The molecule has 0 atom stereocenters. The number of benzene rings is 2. The van der Waals surface area contributed by atoms with Crippen molar-refractivity contribution in [3.05, 3.63) is 69.4 Å². The third-order valence-electron chi connectivity index (χ3n) is 3.61. The molecule has 2 aromatic rings. The Morgan fingerprint density at radius 1 is 0.800 bits per heavy atom. The molecule has 0 saturated carbocycles. The molecule has 0 heterocycles. The first-order valence-corrected chi connectivity index (χ1v) is 6.06. The minimum atomic E-state index is -0.212. The van der Waals surface area contributed by atoms with E-state index >= 15 is 0 Å². The standard InChI is InChI=1S/C16H13NO2.Y/c1-8-6-7-9(2)13-12(8)15(18)10-4-3-5-11(17)14(10)16(13)19;/h3-7H,1-2H3,(H2,17,19);/p-1. The van der Waals surface area contributed by atoms with E-state index in [-0.39, 0.29) is 55.5 Å². The Bertz CT molecular complexity index is 750. The van der Waals surface area contributed by atoms with E-state index in [9.17, 15) is 9.59 Å². The third-order valence-corrected chi connectivity index (χ3v) is 3.61. The van der Waals surface area contributed by atoms with E-state index in [1.807, 2.05) is 26.0 Å². The zero-order chi connectivity index (χ0) is 13.7. The largest absolute Gasteiger partial charge is 0.698 e. The zero-order valence-electron chi connectivity index (χ0n) is 11.3. The van der Waals surface area contributed by atoms with E-state index in [1.54, 1.807) is 18.2 Å². The fraction of sp³-hybridized carbons (Fsp3) is 0.125. The summed E-state index contributed by atoms with van der Waals surface area (Å²) in [6.45, 7) is 3.65. The number of ketones is 2. The molecule has 1 aliphatic rings. The predicted molar refractivity (Wildman–Crippen MR) is 73.2 cm³/mol. The molecule has 4 heteroatoms. The van der Waals surface area contributed by atoms with E-state index in [1.165, 1.54) is 0 Å². The van der Waals surface area contributed by atoms with Gasteiger partial charge in [-0.2, -0.15) is 0 Å². The molecule has 0 amide bonds. The fourth-order valence-electron chi connectivity index (χ4n) is 2.64. The first kappa shape index (κ1) is 15.1. The molecule has 1 N–H and O–H groups in total. The Kier molecular flexibility index (Phi) is 3.94. The average molecular weight is 339 g/mol. The van der Waals surface area contributed by atoms with Crippen molar-refractivity contribution >= 4 is 17.3 Å². The second-order valence-corrected chi connectivity index (χ2v) is 4.84. The van der Waals surface area contributed by atoms with Crippen molar-refractivity contribution in [3.8, 4) is 0 Å². The van der Waals surface area contributed by atoms with Crippen molar-refractivity contribution in [2.45, 2.75) is 13.8 Å². The van der Waals surface area contributed by atoms with Crippen molar-refractivity contribution < 1.29 is 42.3 Å². The van der Waals surface area contributed by atoms with Crippen LogP contribution < -0.4 is 0 Å². The second kappa shape index (κ2) is 5.23. The molecule has 3 nitrogen and oxygen atoms in total. The van der Waals surface area contributed by atoms with Crippen LogP contribution in [0.5, 0.6) is 0 Å². The van der Waals surface area contributed by atoms with Crippen LogP contribution in [0.1, 0.15) is 43.0 Å². The van der Waals surface area contributed by atoms with Crippen LogP contribution in [0, 0.1) is 13.8 Å². The molecule has 0 saturated heterocycles. The summed E-state index contributed by atoms with van der Waals surface area (Å²) < 4.78 is 0. The van der Waals surface area contributed by atoms with Crippen molar-refractivity contribution in [2.75, 3.05) is 0 Å². The Morgan fingerprint density at radius 2 is 1.35 bits per heavy atom. The molecule has 0 bridgehead atoms. The Labute approximate surface area is 142 Å². The Hall–Kier alpha value is -1.32. The van der Waals surface area contributed by atoms with Gasteiger partial charge in [-0.05, 0) is 25.0 Å². The van der Waals surface area contributed by atoms with E-state index < -0.39 is 0 Å². The van der Waals surface area contributed by atoms with E-state index in [0.29, 0.717) is 16.7 Å². The zero-order valence-corrected chi connectivity index (χ0v) is 14.1. The average Bonchev–Trinajstić information content (AvgIpc) is 2.38. The van der Waals surface area contributed by atoms with Gasteiger partial charge in [-0.1, -0.05) is 30.3 Å². The van der Waals surface area contributed by atoms with Crippen LogP contribution in [-0.4, -0.2) is 11.6 Å². The van der Waals surface area contributed by atoms with Crippen LogP contribution in [0.25, 0.3) is 5.73 Å². The van der Waals surface area contributed by atoms with Gasteiger partial charge in [-0.15, -0.1) is 5.69 Å². The summed E-state index contributed by atoms with van der Waals surface area (Å²) in [6.07, 6.45) is 0. The molecule has 0 unspecified atom stereocenters. The SMILES string of the molecule is Cc1ccc(C)c2c1C(=O)c1cccc([NH-])c1C2=O.[Y]. The van der Waals surface area contributed by atoms with Crippen LogP contribution in [0.2, 0.25) is 0 Å². The summed E-state index contributed by atoms with van der Waals surface area (Å²) in [7, 11) is 0. The van der Waals surface area contributed by atoms with E-state index in [0.717, 1.165) is 11.1 Å². The Morgan fingerprint density at radius 3 is 1.95 bits per heavy atom. The number of nitrogens with one attached hydrogen (secondary N) is 1. The minimum absolute atomic E-state index is 0. The number of hydrogen-bond acceptors (Lipinski definition) is 2. The molecular weight excluding hydrogens is 327 g/mol. The van der Waals surface area contributed by atoms with Gasteiger partial charge in [0.25, 0.3) is 0 Å². The van der Waals surface area contributed by atoms with Gasteiger partial charge in [-0.25, -0.2) is 0 Å². The van der Waals surface area contributed by atoms with Crippen LogP contribution in [0.15, 0.2) is 30.3 Å². The van der Waals surface area contributed by atoms with E-state index in [4.69, 9.17) is 5.73 Å². The van der Waals surface area contributed by atoms with Gasteiger partial charge in [0.05, 0.1) is 0 Å². The summed E-state index contributed by atoms with van der Waals surface area (Å²) in [4.78, 5) is 25.1.